The average molecular weight is 205 g/mol. The van der Waals surface area contributed by atoms with Crippen molar-refractivity contribution in [1.29, 1.82) is 0 Å². The summed E-state index contributed by atoms with van der Waals surface area (Å²) in [5.41, 5.74) is 3.08. The third-order valence-corrected chi connectivity index (χ3v) is 3.42. The quantitative estimate of drug-likeness (QED) is 0.817. The van der Waals surface area contributed by atoms with Crippen molar-refractivity contribution >= 4 is 5.69 Å². The number of nitrogens with one attached hydrogen (secondary N) is 1. The minimum absolute atomic E-state index is 0.456. The summed E-state index contributed by atoms with van der Waals surface area (Å²) in [5.74, 6) is 1.63. The molecule has 2 rings (SSSR count). The predicted molar refractivity (Wildman–Crippen MR) is 63.7 cm³/mol. The molecule has 2 heteroatoms. The Balaban J connectivity index is 2.35. The fourth-order valence-corrected chi connectivity index (χ4v) is 2.18. The lowest BCUT2D eigenvalue weighted by atomic mass is 10.0. The Labute approximate surface area is 91.6 Å². The summed E-state index contributed by atoms with van der Waals surface area (Å²) in [7, 11) is 3.69. The van der Waals surface area contributed by atoms with E-state index in [-0.39, 0.29) is 0 Å². The predicted octanol–water partition coefficient (Wildman–Crippen LogP) is 3.25. The molecular formula is C13H19NO. The molecule has 0 amide bonds. The van der Waals surface area contributed by atoms with Crippen LogP contribution >= 0.6 is 0 Å². The van der Waals surface area contributed by atoms with E-state index < -0.39 is 0 Å². The van der Waals surface area contributed by atoms with E-state index in [1.165, 1.54) is 17.7 Å². The standard InChI is InChI=1S/C13H19NO/c1-13(2)8-11(13)10-7-9(15-4)5-6-12(10)14-3/h5-7,11,14H,8H2,1-4H3. The Bertz CT molecular complexity index is 371. The van der Waals surface area contributed by atoms with E-state index >= 15 is 0 Å². The van der Waals surface area contributed by atoms with Gasteiger partial charge < -0.3 is 10.1 Å². The zero-order valence-electron chi connectivity index (χ0n) is 9.92. The average Bonchev–Trinajstić information content (AvgIpc) is 2.86. The lowest BCUT2D eigenvalue weighted by molar-refractivity contribution is 0.414. The fraction of sp³-hybridized carbons (Fsp3) is 0.538. The first-order valence-corrected chi connectivity index (χ1v) is 5.44. The van der Waals surface area contributed by atoms with E-state index in [1.807, 2.05) is 13.1 Å². The van der Waals surface area contributed by atoms with Crippen molar-refractivity contribution in [3.05, 3.63) is 23.8 Å². The van der Waals surface area contributed by atoms with Crippen molar-refractivity contribution in [3.63, 3.8) is 0 Å². The van der Waals surface area contributed by atoms with Crippen LogP contribution in [0.15, 0.2) is 18.2 Å². The first-order chi connectivity index (χ1) is 7.08. The van der Waals surface area contributed by atoms with Crippen LogP contribution in [-0.2, 0) is 0 Å². The monoisotopic (exact) mass is 205 g/mol. The summed E-state index contributed by atoms with van der Waals surface area (Å²) < 4.78 is 5.27. The van der Waals surface area contributed by atoms with Gasteiger partial charge >= 0.3 is 0 Å². The molecule has 1 saturated carbocycles. The Morgan fingerprint density at radius 1 is 1.40 bits per heavy atom. The van der Waals surface area contributed by atoms with Crippen molar-refractivity contribution in [2.45, 2.75) is 26.2 Å². The van der Waals surface area contributed by atoms with Gasteiger partial charge in [0.25, 0.3) is 0 Å². The molecule has 15 heavy (non-hydrogen) atoms. The molecule has 1 fully saturated rings. The Morgan fingerprint density at radius 2 is 2.07 bits per heavy atom. The first-order valence-electron chi connectivity index (χ1n) is 5.44. The maximum atomic E-state index is 5.27. The molecule has 1 unspecified atom stereocenters. The number of methoxy groups -OCH3 is 1. The maximum absolute atomic E-state index is 5.27. The molecule has 1 aliphatic carbocycles. The van der Waals surface area contributed by atoms with Crippen LogP contribution in [0.5, 0.6) is 5.75 Å². The molecule has 0 aliphatic heterocycles. The van der Waals surface area contributed by atoms with Gasteiger partial charge in [-0.1, -0.05) is 13.8 Å². The molecule has 2 nitrogen and oxygen atoms in total. The van der Waals surface area contributed by atoms with Crippen molar-refractivity contribution in [3.8, 4) is 5.75 Å². The Kier molecular flexibility index (Phi) is 2.37. The van der Waals surface area contributed by atoms with Crippen LogP contribution in [0.3, 0.4) is 0 Å². The first kappa shape index (κ1) is 10.3. The van der Waals surface area contributed by atoms with Crippen LogP contribution in [0.2, 0.25) is 0 Å². The van der Waals surface area contributed by atoms with E-state index in [4.69, 9.17) is 4.74 Å². The zero-order chi connectivity index (χ0) is 11.1. The summed E-state index contributed by atoms with van der Waals surface area (Å²) in [6, 6.07) is 6.26. The molecule has 82 valence electrons. The highest BCUT2D eigenvalue weighted by atomic mass is 16.5. The fourth-order valence-electron chi connectivity index (χ4n) is 2.18. The second kappa shape index (κ2) is 3.44. The van der Waals surface area contributed by atoms with Gasteiger partial charge in [0.2, 0.25) is 0 Å². The van der Waals surface area contributed by atoms with Gasteiger partial charge in [0, 0.05) is 12.7 Å². The molecule has 1 atom stereocenters. The van der Waals surface area contributed by atoms with Crippen molar-refractivity contribution in [1.82, 2.24) is 0 Å². The molecular weight excluding hydrogens is 186 g/mol. The van der Waals surface area contributed by atoms with Gasteiger partial charge in [-0.15, -0.1) is 0 Å². The number of anilines is 1. The number of rotatable bonds is 3. The summed E-state index contributed by atoms with van der Waals surface area (Å²) in [5, 5.41) is 3.25. The smallest absolute Gasteiger partial charge is 0.119 e. The molecule has 0 bridgehead atoms. The van der Waals surface area contributed by atoms with Crippen LogP contribution in [0.1, 0.15) is 31.7 Å². The molecule has 0 aromatic heterocycles. The van der Waals surface area contributed by atoms with E-state index in [0.29, 0.717) is 11.3 Å². The molecule has 1 N–H and O–H groups in total. The van der Waals surface area contributed by atoms with Gasteiger partial charge in [-0.3, -0.25) is 0 Å². The highest BCUT2D eigenvalue weighted by Gasteiger charge is 2.47. The van der Waals surface area contributed by atoms with Crippen molar-refractivity contribution in [2.24, 2.45) is 5.41 Å². The lowest BCUT2D eigenvalue weighted by Crippen LogP contribution is -1.98. The van der Waals surface area contributed by atoms with Gasteiger partial charge in [-0.25, -0.2) is 0 Å². The van der Waals surface area contributed by atoms with Crippen LogP contribution in [-0.4, -0.2) is 14.2 Å². The largest absolute Gasteiger partial charge is 0.497 e. The van der Waals surface area contributed by atoms with E-state index in [2.05, 4.69) is 31.3 Å². The Hall–Kier alpha value is -1.18. The second-order valence-electron chi connectivity index (χ2n) is 4.95. The van der Waals surface area contributed by atoms with Crippen molar-refractivity contribution < 1.29 is 4.74 Å². The summed E-state index contributed by atoms with van der Waals surface area (Å²) in [4.78, 5) is 0. The minimum Gasteiger partial charge on any atom is -0.497 e. The molecule has 1 aromatic rings. The third-order valence-electron chi connectivity index (χ3n) is 3.42. The second-order valence-corrected chi connectivity index (χ2v) is 4.95. The van der Waals surface area contributed by atoms with Crippen LogP contribution in [0, 0.1) is 5.41 Å². The summed E-state index contributed by atoms with van der Waals surface area (Å²) in [6.07, 6.45) is 1.27. The van der Waals surface area contributed by atoms with Gasteiger partial charge in [0.05, 0.1) is 7.11 Å². The summed E-state index contributed by atoms with van der Waals surface area (Å²) >= 11 is 0. The topological polar surface area (TPSA) is 21.3 Å². The van der Waals surface area contributed by atoms with E-state index in [9.17, 15) is 0 Å². The zero-order valence-corrected chi connectivity index (χ0v) is 9.92. The van der Waals surface area contributed by atoms with Crippen LogP contribution in [0.4, 0.5) is 5.69 Å². The lowest BCUT2D eigenvalue weighted by Gasteiger charge is -2.12. The normalized spacial score (nSPS) is 22.3. The highest BCUT2D eigenvalue weighted by Crippen LogP contribution is 2.60. The SMILES string of the molecule is CNc1ccc(OC)cc1C1CC1(C)C. The van der Waals surface area contributed by atoms with Crippen LogP contribution < -0.4 is 10.1 Å². The van der Waals surface area contributed by atoms with Gasteiger partial charge in [-0.05, 0) is 41.5 Å². The molecule has 1 aliphatic rings. The Morgan fingerprint density at radius 3 is 2.53 bits per heavy atom. The number of hydrogen-bond donors (Lipinski definition) is 1. The highest BCUT2D eigenvalue weighted by molar-refractivity contribution is 5.57. The maximum Gasteiger partial charge on any atom is 0.119 e. The number of benzene rings is 1. The van der Waals surface area contributed by atoms with Crippen LogP contribution in [0.25, 0.3) is 0 Å². The minimum atomic E-state index is 0.456. The van der Waals surface area contributed by atoms with Crippen molar-refractivity contribution in [2.75, 3.05) is 19.5 Å². The van der Waals surface area contributed by atoms with Gasteiger partial charge in [0.1, 0.15) is 5.75 Å². The summed E-state index contributed by atoms with van der Waals surface area (Å²) in [6.45, 7) is 4.63. The van der Waals surface area contributed by atoms with Gasteiger partial charge in [0.15, 0.2) is 0 Å². The van der Waals surface area contributed by atoms with Gasteiger partial charge in [-0.2, -0.15) is 0 Å². The molecule has 0 saturated heterocycles. The van der Waals surface area contributed by atoms with E-state index in [1.54, 1.807) is 7.11 Å². The molecule has 0 spiro atoms. The number of hydrogen-bond acceptors (Lipinski definition) is 2. The van der Waals surface area contributed by atoms with E-state index in [0.717, 1.165) is 5.75 Å². The third kappa shape index (κ3) is 1.81. The molecule has 0 heterocycles. The molecule has 0 radical (unpaired) electrons. The molecule has 1 aromatic carbocycles. The number of ether oxygens (including phenoxy) is 1.